The van der Waals surface area contributed by atoms with Crippen LogP contribution in [0.2, 0.25) is 0 Å². The lowest BCUT2D eigenvalue weighted by Gasteiger charge is -2.17. The van der Waals surface area contributed by atoms with Crippen LogP contribution in [0.25, 0.3) is 0 Å². The second-order valence-corrected chi connectivity index (χ2v) is 4.10. The first-order valence-electron chi connectivity index (χ1n) is 5.93. The van der Waals surface area contributed by atoms with Crippen LogP contribution in [0.5, 0.6) is 0 Å². The van der Waals surface area contributed by atoms with Gasteiger partial charge in [-0.2, -0.15) is 0 Å². The predicted octanol–water partition coefficient (Wildman–Crippen LogP) is 1.92. The molecule has 3 nitrogen and oxygen atoms in total. The third kappa shape index (κ3) is 4.41. The van der Waals surface area contributed by atoms with Crippen molar-refractivity contribution in [3.63, 3.8) is 0 Å². The smallest absolute Gasteiger partial charge is 0.223 e. The van der Waals surface area contributed by atoms with E-state index in [1.807, 2.05) is 6.92 Å². The van der Waals surface area contributed by atoms with E-state index in [1.165, 1.54) is 11.0 Å². The van der Waals surface area contributed by atoms with Gasteiger partial charge in [-0.25, -0.2) is 8.78 Å². The number of rotatable bonds is 6. The molecule has 0 aliphatic heterocycles. The van der Waals surface area contributed by atoms with Crippen LogP contribution in [0, 0.1) is 11.6 Å². The van der Waals surface area contributed by atoms with Crippen molar-refractivity contribution in [1.82, 2.24) is 10.2 Å². The fourth-order valence-corrected chi connectivity index (χ4v) is 1.56. The lowest BCUT2D eigenvalue weighted by Crippen LogP contribution is -2.29. The van der Waals surface area contributed by atoms with Crippen molar-refractivity contribution in [2.45, 2.75) is 19.9 Å². The van der Waals surface area contributed by atoms with E-state index in [0.29, 0.717) is 18.5 Å². The Morgan fingerprint density at radius 3 is 2.67 bits per heavy atom. The number of nitrogens with one attached hydrogen (secondary N) is 1. The number of halogens is 2. The molecular weight excluding hydrogens is 238 g/mol. The zero-order chi connectivity index (χ0) is 13.5. The van der Waals surface area contributed by atoms with Gasteiger partial charge in [0.2, 0.25) is 5.91 Å². The number of carbonyl (C=O) groups excluding carboxylic acids is 1. The SMILES string of the molecule is CCNCCC(=O)N(C)Cc1ccc(F)c(F)c1. The van der Waals surface area contributed by atoms with Gasteiger partial charge in [0.25, 0.3) is 0 Å². The summed E-state index contributed by atoms with van der Waals surface area (Å²) in [6.07, 6.45) is 0.397. The van der Waals surface area contributed by atoms with E-state index < -0.39 is 11.6 Å². The Labute approximate surface area is 106 Å². The summed E-state index contributed by atoms with van der Waals surface area (Å²) >= 11 is 0. The van der Waals surface area contributed by atoms with E-state index in [0.717, 1.165) is 18.7 Å². The van der Waals surface area contributed by atoms with Crippen molar-refractivity contribution in [2.24, 2.45) is 0 Å². The molecule has 0 spiro atoms. The Balaban J connectivity index is 2.50. The molecule has 0 aliphatic carbocycles. The van der Waals surface area contributed by atoms with E-state index >= 15 is 0 Å². The van der Waals surface area contributed by atoms with Crippen molar-refractivity contribution < 1.29 is 13.6 Å². The number of hydrogen-bond donors (Lipinski definition) is 1. The summed E-state index contributed by atoms with van der Waals surface area (Å²) in [7, 11) is 1.65. The summed E-state index contributed by atoms with van der Waals surface area (Å²) in [5.74, 6) is -1.79. The largest absolute Gasteiger partial charge is 0.341 e. The summed E-state index contributed by atoms with van der Waals surface area (Å²) in [6.45, 7) is 3.69. The molecule has 0 saturated heterocycles. The van der Waals surface area contributed by atoms with Gasteiger partial charge < -0.3 is 10.2 Å². The molecule has 0 saturated carbocycles. The topological polar surface area (TPSA) is 32.3 Å². The monoisotopic (exact) mass is 256 g/mol. The molecule has 1 amide bonds. The maximum atomic E-state index is 13.0. The van der Waals surface area contributed by atoms with Crippen LogP contribution in [0.3, 0.4) is 0 Å². The van der Waals surface area contributed by atoms with E-state index in [1.54, 1.807) is 7.05 Å². The second-order valence-electron chi connectivity index (χ2n) is 4.10. The molecule has 0 fully saturated rings. The molecule has 0 radical (unpaired) electrons. The second kappa shape index (κ2) is 7.06. The van der Waals surface area contributed by atoms with Crippen molar-refractivity contribution >= 4 is 5.91 Å². The average molecular weight is 256 g/mol. The van der Waals surface area contributed by atoms with E-state index in [9.17, 15) is 13.6 Å². The molecule has 0 heterocycles. The van der Waals surface area contributed by atoms with Gasteiger partial charge in [0, 0.05) is 26.6 Å². The summed E-state index contributed by atoms with van der Waals surface area (Å²) < 4.78 is 25.7. The molecule has 1 aromatic carbocycles. The van der Waals surface area contributed by atoms with Crippen molar-refractivity contribution in [1.29, 1.82) is 0 Å². The molecule has 100 valence electrons. The number of benzene rings is 1. The van der Waals surface area contributed by atoms with Crippen LogP contribution in [0.4, 0.5) is 8.78 Å². The quantitative estimate of drug-likeness (QED) is 0.789. The Morgan fingerprint density at radius 2 is 2.06 bits per heavy atom. The highest BCUT2D eigenvalue weighted by molar-refractivity contribution is 5.76. The van der Waals surface area contributed by atoms with E-state index in [-0.39, 0.29) is 12.5 Å². The lowest BCUT2D eigenvalue weighted by molar-refractivity contribution is -0.130. The standard InChI is InChI=1S/C13H18F2N2O/c1-3-16-7-6-13(18)17(2)9-10-4-5-11(14)12(15)8-10/h4-5,8,16H,3,6-7,9H2,1-2H3. The number of nitrogens with zero attached hydrogens (tertiary/aromatic N) is 1. The van der Waals surface area contributed by atoms with Gasteiger partial charge in [0.15, 0.2) is 11.6 Å². The Bertz CT molecular complexity index is 410. The molecular formula is C13H18F2N2O. The minimum absolute atomic E-state index is 0.0271. The van der Waals surface area contributed by atoms with E-state index in [4.69, 9.17) is 0 Å². The molecule has 1 rings (SSSR count). The Morgan fingerprint density at radius 1 is 1.33 bits per heavy atom. The van der Waals surface area contributed by atoms with Gasteiger partial charge in [0.05, 0.1) is 0 Å². The molecule has 0 aliphatic rings. The minimum atomic E-state index is -0.888. The molecule has 18 heavy (non-hydrogen) atoms. The third-order valence-electron chi connectivity index (χ3n) is 2.60. The van der Waals surface area contributed by atoms with Gasteiger partial charge >= 0.3 is 0 Å². The van der Waals surface area contributed by atoms with Crippen LogP contribution in [-0.2, 0) is 11.3 Å². The molecule has 1 aromatic rings. The van der Waals surface area contributed by atoms with Crippen molar-refractivity contribution in [3.8, 4) is 0 Å². The summed E-state index contributed by atoms with van der Waals surface area (Å²) in [4.78, 5) is 13.2. The first kappa shape index (κ1) is 14.6. The van der Waals surface area contributed by atoms with Gasteiger partial charge in [-0.15, -0.1) is 0 Å². The van der Waals surface area contributed by atoms with Gasteiger partial charge in [0.1, 0.15) is 0 Å². The van der Waals surface area contributed by atoms with Crippen molar-refractivity contribution in [2.75, 3.05) is 20.1 Å². The average Bonchev–Trinajstić information content (AvgIpc) is 2.34. The summed E-state index contributed by atoms with van der Waals surface area (Å²) in [5.41, 5.74) is 0.577. The normalized spacial score (nSPS) is 10.4. The lowest BCUT2D eigenvalue weighted by atomic mass is 10.2. The maximum Gasteiger partial charge on any atom is 0.223 e. The molecule has 0 aromatic heterocycles. The Kier molecular flexibility index (Phi) is 5.71. The third-order valence-corrected chi connectivity index (χ3v) is 2.60. The first-order chi connectivity index (χ1) is 8.54. The summed E-state index contributed by atoms with van der Waals surface area (Å²) in [5, 5.41) is 3.06. The predicted molar refractivity (Wildman–Crippen MR) is 66.0 cm³/mol. The number of amides is 1. The number of hydrogen-bond acceptors (Lipinski definition) is 2. The molecule has 0 atom stereocenters. The highest BCUT2D eigenvalue weighted by Crippen LogP contribution is 2.10. The van der Waals surface area contributed by atoms with Gasteiger partial charge in [-0.05, 0) is 24.2 Å². The molecule has 0 unspecified atom stereocenters. The highest BCUT2D eigenvalue weighted by atomic mass is 19.2. The molecule has 5 heteroatoms. The van der Waals surface area contributed by atoms with Gasteiger partial charge in [-0.3, -0.25) is 4.79 Å². The first-order valence-corrected chi connectivity index (χ1v) is 5.93. The van der Waals surface area contributed by atoms with Crippen LogP contribution < -0.4 is 5.32 Å². The van der Waals surface area contributed by atoms with Crippen LogP contribution in [0.15, 0.2) is 18.2 Å². The molecule has 0 bridgehead atoms. The molecule has 1 N–H and O–H groups in total. The minimum Gasteiger partial charge on any atom is -0.341 e. The Hall–Kier alpha value is -1.49. The number of carbonyl (C=O) groups is 1. The fraction of sp³-hybridized carbons (Fsp3) is 0.462. The fourth-order valence-electron chi connectivity index (χ4n) is 1.56. The van der Waals surface area contributed by atoms with Crippen molar-refractivity contribution in [3.05, 3.63) is 35.4 Å². The zero-order valence-corrected chi connectivity index (χ0v) is 10.7. The highest BCUT2D eigenvalue weighted by Gasteiger charge is 2.10. The van der Waals surface area contributed by atoms with Gasteiger partial charge in [-0.1, -0.05) is 13.0 Å². The zero-order valence-electron chi connectivity index (χ0n) is 10.7. The van der Waals surface area contributed by atoms with Crippen LogP contribution in [0.1, 0.15) is 18.9 Å². The van der Waals surface area contributed by atoms with E-state index in [2.05, 4.69) is 5.32 Å². The van der Waals surface area contributed by atoms with Crippen LogP contribution >= 0.6 is 0 Å². The van der Waals surface area contributed by atoms with Crippen LogP contribution in [-0.4, -0.2) is 30.9 Å². The summed E-state index contributed by atoms with van der Waals surface area (Å²) in [6, 6.07) is 3.66. The maximum absolute atomic E-state index is 13.0.